The van der Waals surface area contributed by atoms with E-state index in [0.29, 0.717) is 23.2 Å². The molecule has 8 heteroatoms. The van der Waals surface area contributed by atoms with Crippen LogP contribution in [0.2, 0.25) is 0 Å². The lowest BCUT2D eigenvalue weighted by Crippen LogP contribution is -2.41. The van der Waals surface area contributed by atoms with Crippen molar-refractivity contribution in [2.24, 2.45) is 0 Å². The Kier molecular flexibility index (Phi) is 4.90. The molecule has 0 spiro atoms. The molecule has 0 radical (unpaired) electrons. The molecule has 1 aromatic carbocycles. The second kappa shape index (κ2) is 7.63. The molecule has 0 saturated carbocycles. The first-order valence-corrected chi connectivity index (χ1v) is 9.05. The molecule has 2 aliphatic heterocycles. The number of aromatic nitrogens is 2. The van der Waals surface area contributed by atoms with Crippen molar-refractivity contribution in [2.45, 2.75) is 38.6 Å². The fourth-order valence-corrected chi connectivity index (χ4v) is 3.19. The van der Waals surface area contributed by atoms with Crippen LogP contribution < -0.4 is 14.8 Å². The summed E-state index contributed by atoms with van der Waals surface area (Å²) in [5.74, 6) is 2.19. The minimum absolute atomic E-state index is 0.0682. The van der Waals surface area contributed by atoms with Crippen molar-refractivity contribution in [1.29, 1.82) is 0 Å². The molecule has 138 valence electrons. The molecule has 0 unspecified atom stereocenters. The van der Waals surface area contributed by atoms with E-state index in [-0.39, 0.29) is 19.4 Å². The summed E-state index contributed by atoms with van der Waals surface area (Å²) in [6.07, 6.45) is 5.76. The zero-order valence-electron chi connectivity index (χ0n) is 14.6. The van der Waals surface area contributed by atoms with Crippen LogP contribution in [0.1, 0.15) is 37.9 Å². The highest BCUT2D eigenvalue weighted by molar-refractivity contribution is 5.74. The maximum atomic E-state index is 12.3. The van der Waals surface area contributed by atoms with Gasteiger partial charge in [-0.25, -0.2) is 4.79 Å². The average molecular weight is 358 g/mol. The number of nitrogens with zero attached hydrogens (tertiary/aromatic N) is 3. The molecule has 1 aromatic heterocycles. The highest BCUT2D eigenvalue weighted by atomic mass is 16.7. The first kappa shape index (κ1) is 16.7. The van der Waals surface area contributed by atoms with Crippen LogP contribution in [0.4, 0.5) is 4.79 Å². The molecule has 2 aromatic rings. The molecule has 4 rings (SSSR count). The Morgan fingerprint density at radius 3 is 2.69 bits per heavy atom. The smallest absolute Gasteiger partial charge is 0.317 e. The minimum atomic E-state index is -0.0682. The molecular formula is C18H22N4O4. The molecule has 2 aliphatic rings. The zero-order chi connectivity index (χ0) is 17.8. The summed E-state index contributed by atoms with van der Waals surface area (Å²) in [5.41, 5.74) is 0.753. The predicted molar refractivity (Wildman–Crippen MR) is 92.8 cm³/mol. The lowest BCUT2D eigenvalue weighted by Gasteiger charge is -2.24. The van der Waals surface area contributed by atoms with Crippen LogP contribution in [0, 0.1) is 0 Å². The number of likely N-dealkylation sites (tertiary alicyclic amines) is 1. The van der Waals surface area contributed by atoms with Crippen LogP contribution in [0.15, 0.2) is 22.7 Å². The fourth-order valence-electron chi connectivity index (χ4n) is 3.19. The van der Waals surface area contributed by atoms with Crippen LogP contribution in [0.25, 0.3) is 11.5 Å². The van der Waals surface area contributed by atoms with E-state index >= 15 is 0 Å². The Labute approximate surface area is 151 Å². The number of carbonyl (C=O) groups excluding carboxylic acids is 1. The number of carbonyl (C=O) groups is 1. The molecule has 1 fully saturated rings. The molecule has 8 nitrogen and oxygen atoms in total. The molecule has 0 atom stereocenters. The van der Waals surface area contributed by atoms with E-state index in [1.54, 1.807) is 6.07 Å². The standard InChI is InChI=1S/C18H22N4O4/c23-18(22-8-4-2-1-3-5-9-22)19-11-16-20-17(26-21-16)13-6-7-14-15(10-13)25-12-24-14/h6-7,10H,1-5,8-9,11-12H2,(H,19,23). The van der Waals surface area contributed by atoms with Crippen LogP contribution in [0.3, 0.4) is 0 Å². The SMILES string of the molecule is O=C(NCc1noc(-c2ccc3c(c2)OCO3)n1)N1CCCCCCC1. The number of ether oxygens (including phenoxy) is 2. The monoisotopic (exact) mass is 358 g/mol. The molecule has 0 bridgehead atoms. The highest BCUT2D eigenvalue weighted by Gasteiger charge is 2.18. The van der Waals surface area contributed by atoms with E-state index in [4.69, 9.17) is 14.0 Å². The lowest BCUT2D eigenvalue weighted by atomic mass is 10.1. The second-order valence-electron chi connectivity index (χ2n) is 6.50. The number of rotatable bonds is 3. The lowest BCUT2D eigenvalue weighted by molar-refractivity contribution is 0.174. The van der Waals surface area contributed by atoms with Gasteiger partial charge in [-0.1, -0.05) is 24.4 Å². The van der Waals surface area contributed by atoms with Crippen molar-refractivity contribution in [1.82, 2.24) is 20.4 Å². The number of hydrogen-bond acceptors (Lipinski definition) is 6. The third-order valence-electron chi connectivity index (χ3n) is 4.63. The molecular weight excluding hydrogens is 336 g/mol. The summed E-state index contributed by atoms with van der Waals surface area (Å²) >= 11 is 0. The summed E-state index contributed by atoms with van der Waals surface area (Å²) in [4.78, 5) is 18.6. The van der Waals surface area contributed by atoms with Crippen LogP contribution >= 0.6 is 0 Å². The first-order chi connectivity index (χ1) is 12.8. The normalized spacial score (nSPS) is 16.8. The van der Waals surface area contributed by atoms with Gasteiger partial charge in [-0.3, -0.25) is 0 Å². The van der Waals surface area contributed by atoms with Gasteiger partial charge in [0.2, 0.25) is 6.79 Å². The topological polar surface area (TPSA) is 89.7 Å². The van der Waals surface area contributed by atoms with E-state index < -0.39 is 0 Å². The Morgan fingerprint density at radius 1 is 1.08 bits per heavy atom. The van der Waals surface area contributed by atoms with Gasteiger partial charge in [0, 0.05) is 18.7 Å². The molecule has 26 heavy (non-hydrogen) atoms. The van der Waals surface area contributed by atoms with E-state index in [1.807, 2.05) is 17.0 Å². The molecule has 2 amide bonds. The minimum Gasteiger partial charge on any atom is -0.454 e. The van der Waals surface area contributed by atoms with Gasteiger partial charge in [-0.15, -0.1) is 0 Å². The van der Waals surface area contributed by atoms with Crippen molar-refractivity contribution < 1.29 is 18.8 Å². The maximum absolute atomic E-state index is 12.3. The van der Waals surface area contributed by atoms with Crippen LogP contribution in [-0.4, -0.2) is 41.0 Å². The van der Waals surface area contributed by atoms with Gasteiger partial charge in [-0.05, 0) is 31.0 Å². The predicted octanol–water partition coefficient (Wildman–Crippen LogP) is 2.94. The fraction of sp³-hybridized carbons (Fsp3) is 0.500. The molecule has 3 heterocycles. The first-order valence-electron chi connectivity index (χ1n) is 9.05. The molecule has 0 aliphatic carbocycles. The largest absolute Gasteiger partial charge is 0.454 e. The summed E-state index contributed by atoms with van der Waals surface area (Å²) < 4.78 is 16.0. The van der Waals surface area contributed by atoms with Gasteiger partial charge in [0.25, 0.3) is 5.89 Å². The van der Waals surface area contributed by atoms with E-state index in [0.717, 1.165) is 31.5 Å². The quantitative estimate of drug-likeness (QED) is 0.907. The van der Waals surface area contributed by atoms with E-state index in [2.05, 4.69) is 15.5 Å². The Bertz CT molecular complexity index is 768. The van der Waals surface area contributed by atoms with Crippen LogP contribution in [-0.2, 0) is 6.54 Å². The average Bonchev–Trinajstić information content (AvgIpc) is 3.28. The Morgan fingerprint density at radius 2 is 1.85 bits per heavy atom. The van der Waals surface area contributed by atoms with Gasteiger partial charge in [0.05, 0.1) is 6.54 Å². The van der Waals surface area contributed by atoms with Crippen molar-refractivity contribution in [2.75, 3.05) is 19.9 Å². The number of nitrogens with one attached hydrogen (secondary N) is 1. The van der Waals surface area contributed by atoms with Crippen molar-refractivity contribution >= 4 is 6.03 Å². The molecule has 1 saturated heterocycles. The van der Waals surface area contributed by atoms with Gasteiger partial charge >= 0.3 is 6.03 Å². The number of fused-ring (bicyclic) bond motifs is 1. The Balaban J connectivity index is 1.35. The van der Waals surface area contributed by atoms with Gasteiger partial charge < -0.3 is 24.2 Å². The summed E-state index contributed by atoms with van der Waals surface area (Å²) in [7, 11) is 0. The van der Waals surface area contributed by atoms with E-state index in [1.165, 1.54) is 19.3 Å². The summed E-state index contributed by atoms with van der Waals surface area (Å²) in [6.45, 7) is 2.07. The molecule has 1 N–H and O–H groups in total. The third kappa shape index (κ3) is 3.74. The zero-order valence-corrected chi connectivity index (χ0v) is 14.6. The number of amides is 2. The summed E-state index contributed by atoms with van der Waals surface area (Å²) in [6, 6.07) is 5.38. The summed E-state index contributed by atoms with van der Waals surface area (Å²) in [5, 5.41) is 6.83. The van der Waals surface area contributed by atoms with Crippen molar-refractivity contribution in [3.63, 3.8) is 0 Å². The van der Waals surface area contributed by atoms with E-state index in [9.17, 15) is 4.79 Å². The second-order valence-corrected chi connectivity index (χ2v) is 6.50. The van der Waals surface area contributed by atoms with Gasteiger partial charge in [0.1, 0.15) is 0 Å². The third-order valence-corrected chi connectivity index (χ3v) is 4.63. The highest BCUT2D eigenvalue weighted by Crippen LogP contribution is 2.35. The number of benzene rings is 1. The number of urea groups is 1. The van der Waals surface area contributed by atoms with Gasteiger partial charge in [-0.2, -0.15) is 4.98 Å². The maximum Gasteiger partial charge on any atom is 0.317 e. The van der Waals surface area contributed by atoms with Crippen LogP contribution in [0.5, 0.6) is 11.5 Å². The van der Waals surface area contributed by atoms with Crippen molar-refractivity contribution in [3.05, 3.63) is 24.0 Å². The van der Waals surface area contributed by atoms with Crippen molar-refractivity contribution in [3.8, 4) is 23.0 Å². The Hall–Kier alpha value is -2.77. The van der Waals surface area contributed by atoms with Gasteiger partial charge in [0.15, 0.2) is 17.3 Å². The number of hydrogen-bond donors (Lipinski definition) is 1.